The molecule has 0 amide bonds. The van der Waals surface area contributed by atoms with Crippen LogP contribution < -0.4 is 5.73 Å². The van der Waals surface area contributed by atoms with Gasteiger partial charge in [-0.25, -0.2) is 0 Å². The Hall–Kier alpha value is 0.140. The molecule has 0 fully saturated rings. The Morgan fingerprint density at radius 2 is 2.36 bits per heavy atom. The van der Waals surface area contributed by atoms with E-state index in [2.05, 4.69) is 28.9 Å². The van der Waals surface area contributed by atoms with Crippen molar-refractivity contribution in [3.8, 4) is 0 Å². The molecule has 2 N–H and O–H groups in total. The summed E-state index contributed by atoms with van der Waals surface area (Å²) in [5, 5.41) is 0. The highest BCUT2D eigenvalue weighted by molar-refractivity contribution is 9.11. The minimum Gasteiger partial charge on any atom is -0.330 e. The van der Waals surface area contributed by atoms with Crippen molar-refractivity contribution in [1.82, 2.24) is 0 Å². The predicted octanol–water partition coefficient (Wildman–Crippen LogP) is 2.71. The normalized spacial score (nSPS) is 10.5. The van der Waals surface area contributed by atoms with Gasteiger partial charge in [0, 0.05) is 4.88 Å². The fourth-order valence-electron chi connectivity index (χ4n) is 0.989. The van der Waals surface area contributed by atoms with E-state index in [9.17, 15) is 0 Å². The summed E-state index contributed by atoms with van der Waals surface area (Å²) in [5.74, 6) is 0. The van der Waals surface area contributed by atoms with Gasteiger partial charge in [-0.3, -0.25) is 0 Å². The lowest BCUT2D eigenvalue weighted by Crippen LogP contribution is -1.99. The molecule has 0 aliphatic heterocycles. The molecule has 0 aliphatic carbocycles. The van der Waals surface area contributed by atoms with Gasteiger partial charge >= 0.3 is 0 Å². The monoisotopic (exact) mass is 233 g/mol. The third-order valence-electron chi connectivity index (χ3n) is 1.60. The van der Waals surface area contributed by atoms with Gasteiger partial charge in [0.05, 0.1) is 3.79 Å². The number of aryl methyl sites for hydroxylation is 2. The zero-order valence-corrected chi connectivity index (χ0v) is 8.96. The fraction of sp³-hybridized carbons (Fsp3) is 0.500. The molecule has 0 radical (unpaired) electrons. The summed E-state index contributed by atoms with van der Waals surface area (Å²) in [6, 6.07) is 2.16. The Morgan fingerprint density at radius 1 is 1.64 bits per heavy atom. The van der Waals surface area contributed by atoms with Gasteiger partial charge in [0.2, 0.25) is 0 Å². The van der Waals surface area contributed by atoms with Gasteiger partial charge in [0.15, 0.2) is 0 Å². The van der Waals surface area contributed by atoms with Crippen molar-refractivity contribution in [3.05, 3.63) is 20.3 Å². The number of hydrogen-bond donors (Lipinski definition) is 1. The number of nitrogens with two attached hydrogens (primary N) is 1. The van der Waals surface area contributed by atoms with Gasteiger partial charge in [0.25, 0.3) is 0 Å². The van der Waals surface area contributed by atoms with Crippen LogP contribution in [0.25, 0.3) is 0 Å². The fourth-order valence-corrected chi connectivity index (χ4v) is 2.86. The van der Waals surface area contributed by atoms with Gasteiger partial charge in [-0.1, -0.05) is 0 Å². The summed E-state index contributed by atoms with van der Waals surface area (Å²) in [6.45, 7) is 2.93. The van der Waals surface area contributed by atoms with E-state index in [1.807, 2.05) is 11.3 Å². The Labute approximate surface area is 79.7 Å². The minimum atomic E-state index is 0.787. The topological polar surface area (TPSA) is 26.0 Å². The highest BCUT2D eigenvalue weighted by atomic mass is 79.9. The van der Waals surface area contributed by atoms with Crippen LogP contribution in [0, 0.1) is 6.92 Å². The predicted molar refractivity (Wildman–Crippen MR) is 54.1 cm³/mol. The van der Waals surface area contributed by atoms with Gasteiger partial charge in [0.1, 0.15) is 0 Å². The molecule has 3 heteroatoms. The van der Waals surface area contributed by atoms with Crippen LogP contribution in [-0.4, -0.2) is 6.54 Å². The van der Waals surface area contributed by atoms with Crippen LogP contribution in [0.5, 0.6) is 0 Å². The van der Waals surface area contributed by atoms with E-state index in [0.29, 0.717) is 0 Å². The Bertz CT molecular complexity index is 232. The van der Waals surface area contributed by atoms with Crippen LogP contribution in [0.4, 0.5) is 0 Å². The van der Waals surface area contributed by atoms with E-state index in [-0.39, 0.29) is 0 Å². The highest BCUT2D eigenvalue weighted by Gasteiger charge is 2.01. The first kappa shape index (κ1) is 9.23. The lowest BCUT2D eigenvalue weighted by atomic mass is 10.2. The molecule has 0 atom stereocenters. The Kier molecular flexibility index (Phi) is 3.55. The standard InChI is InChI=1S/C8H12BrNS/c1-6-5-8(9)11-7(6)3-2-4-10/h5H,2-4,10H2,1H3. The second kappa shape index (κ2) is 4.24. The molecule has 1 rings (SSSR count). The van der Waals surface area contributed by atoms with Crippen molar-refractivity contribution in [1.29, 1.82) is 0 Å². The maximum absolute atomic E-state index is 5.43. The van der Waals surface area contributed by atoms with Gasteiger partial charge < -0.3 is 5.73 Å². The van der Waals surface area contributed by atoms with Gasteiger partial charge in [-0.2, -0.15) is 0 Å². The average molecular weight is 234 g/mol. The Balaban J connectivity index is 2.62. The first-order valence-electron chi connectivity index (χ1n) is 3.69. The molecular formula is C8H12BrNS. The summed E-state index contributed by atoms with van der Waals surface area (Å²) < 4.78 is 1.22. The van der Waals surface area contributed by atoms with Crippen LogP contribution in [0.15, 0.2) is 9.85 Å². The van der Waals surface area contributed by atoms with Crippen LogP contribution in [0.1, 0.15) is 16.9 Å². The van der Waals surface area contributed by atoms with E-state index < -0.39 is 0 Å². The highest BCUT2D eigenvalue weighted by Crippen LogP contribution is 2.27. The van der Waals surface area contributed by atoms with E-state index in [1.165, 1.54) is 14.2 Å². The Morgan fingerprint density at radius 3 is 2.82 bits per heavy atom. The quantitative estimate of drug-likeness (QED) is 0.854. The first-order valence-corrected chi connectivity index (χ1v) is 5.30. The van der Waals surface area contributed by atoms with E-state index in [4.69, 9.17) is 5.73 Å². The van der Waals surface area contributed by atoms with Crippen LogP contribution in [0.3, 0.4) is 0 Å². The van der Waals surface area contributed by atoms with Crippen molar-refractivity contribution < 1.29 is 0 Å². The maximum Gasteiger partial charge on any atom is 0.0704 e. The molecule has 0 spiro atoms. The molecule has 0 unspecified atom stereocenters. The number of hydrogen-bond acceptors (Lipinski definition) is 2. The van der Waals surface area contributed by atoms with Crippen molar-refractivity contribution in [2.75, 3.05) is 6.54 Å². The molecule has 1 aromatic heterocycles. The summed E-state index contributed by atoms with van der Waals surface area (Å²) in [6.07, 6.45) is 2.21. The maximum atomic E-state index is 5.43. The molecule has 0 saturated carbocycles. The van der Waals surface area contributed by atoms with Crippen molar-refractivity contribution in [2.24, 2.45) is 5.73 Å². The molecule has 0 aromatic carbocycles. The zero-order chi connectivity index (χ0) is 8.27. The molecule has 0 aliphatic rings. The van der Waals surface area contributed by atoms with Crippen LogP contribution >= 0.6 is 27.3 Å². The molecule has 1 nitrogen and oxygen atoms in total. The smallest absolute Gasteiger partial charge is 0.0704 e. The van der Waals surface area contributed by atoms with Crippen molar-refractivity contribution in [2.45, 2.75) is 19.8 Å². The second-order valence-electron chi connectivity index (χ2n) is 2.55. The summed E-state index contributed by atoms with van der Waals surface area (Å²) in [5.41, 5.74) is 6.81. The SMILES string of the molecule is Cc1cc(Br)sc1CCCN. The summed E-state index contributed by atoms with van der Waals surface area (Å²) in [7, 11) is 0. The van der Waals surface area contributed by atoms with Gasteiger partial charge in [-0.05, 0) is 53.9 Å². The third-order valence-corrected chi connectivity index (χ3v) is 3.40. The van der Waals surface area contributed by atoms with E-state index in [0.717, 1.165) is 19.4 Å². The largest absolute Gasteiger partial charge is 0.330 e. The number of thiophene rings is 1. The molecule has 1 heterocycles. The molecule has 0 saturated heterocycles. The summed E-state index contributed by atoms with van der Waals surface area (Å²) in [4.78, 5) is 1.46. The van der Waals surface area contributed by atoms with Crippen molar-refractivity contribution in [3.63, 3.8) is 0 Å². The lowest BCUT2D eigenvalue weighted by molar-refractivity contribution is 0.839. The molecule has 0 bridgehead atoms. The van der Waals surface area contributed by atoms with Crippen LogP contribution in [-0.2, 0) is 6.42 Å². The zero-order valence-electron chi connectivity index (χ0n) is 6.56. The lowest BCUT2D eigenvalue weighted by Gasteiger charge is -1.95. The first-order chi connectivity index (χ1) is 5.24. The second-order valence-corrected chi connectivity index (χ2v) is 5.06. The molecule has 1 aromatic rings. The average Bonchev–Trinajstić information content (AvgIpc) is 2.26. The molecular weight excluding hydrogens is 222 g/mol. The third kappa shape index (κ3) is 2.58. The molecule has 62 valence electrons. The van der Waals surface area contributed by atoms with Crippen molar-refractivity contribution >= 4 is 27.3 Å². The van der Waals surface area contributed by atoms with Crippen LogP contribution in [0.2, 0.25) is 0 Å². The molecule has 11 heavy (non-hydrogen) atoms. The van der Waals surface area contributed by atoms with E-state index in [1.54, 1.807) is 0 Å². The number of halogens is 1. The van der Waals surface area contributed by atoms with E-state index >= 15 is 0 Å². The minimum absolute atomic E-state index is 0.787. The summed E-state index contributed by atoms with van der Waals surface area (Å²) >= 11 is 5.28. The van der Waals surface area contributed by atoms with Gasteiger partial charge in [-0.15, -0.1) is 11.3 Å². The number of rotatable bonds is 3.